The van der Waals surface area contributed by atoms with E-state index in [9.17, 15) is 24.3 Å². The molecule has 150 valence electrons. The molecule has 0 saturated heterocycles. The second-order valence-corrected chi connectivity index (χ2v) is 6.90. The summed E-state index contributed by atoms with van der Waals surface area (Å²) in [6.45, 7) is 10.4. The maximum atomic E-state index is 12.0. The number of phenolic OH excluding ortho intramolecular Hbond substituents is 1. The highest BCUT2D eigenvalue weighted by Crippen LogP contribution is 2.21. The summed E-state index contributed by atoms with van der Waals surface area (Å²) in [4.78, 5) is 44.9. The number of ketones is 4. The maximum absolute atomic E-state index is 12.0. The van der Waals surface area contributed by atoms with Gasteiger partial charge in [-0.3, -0.25) is 19.2 Å². The summed E-state index contributed by atoms with van der Waals surface area (Å²) in [7, 11) is 0. The lowest BCUT2D eigenvalue weighted by Crippen LogP contribution is -2.14. The first-order valence-corrected chi connectivity index (χ1v) is 9.45. The van der Waals surface area contributed by atoms with Crippen molar-refractivity contribution in [3.63, 3.8) is 0 Å². The molecule has 0 saturated carbocycles. The third kappa shape index (κ3) is 8.76. The maximum Gasteiger partial charge on any atom is 0.166 e. The third-order valence-corrected chi connectivity index (χ3v) is 4.65. The highest BCUT2D eigenvalue weighted by atomic mass is 16.3. The van der Waals surface area contributed by atoms with Crippen LogP contribution >= 0.6 is 0 Å². The van der Waals surface area contributed by atoms with Gasteiger partial charge in [0.2, 0.25) is 0 Å². The zero-order valence-electron chi connectivity index (χ0n) is 17.3. The Morgan fingerprint density at radius 3 is 2.00 bits per heavy atom. The SMILES string of the molecule is CCC(=O)CCC(C)C(C)=O.CCC(C)C(=O)c1ccc(O)cc1C(C)=O. The van der Waals surface area contributed by atoms with Crippen LogP contribution in [0, 0.1) is 11.8 Å². The van der Waals surface area contributed by atoms with Gasteiger partial charge in [0.1, 0.15) is 17.3 Å². The minimum Gasteiger partial charge on any atom is -0.508 e. The molecule has 0 fully saturated rings. The molecule has 0 heterocycles. The first-order valence-electron chi connectivity index (χ1n) is 9.45. The van der Waals surface area contributed by atoms with Gasteiger partial charge in [-0.15, -0.1) is 0 Å². The number of carbonyl (C=O) groups is 4. The first-order chi connectivity index (χ1) is 12.5. The second kappa shape index (κ2) is 12.2. The fourth-order valence-corrected chi connectivity index (χ4v) is 2.25. The number of Topliss-reactive ketones (excluding diaryl/α,β-unsaturated/α-hetero) is 4. The second-order valence-electron chi connectivity index (χ2n) is 6.90. The molecule has 1 rings (SSSR count). The number of aromatic hydroxyl groups is 1. The Hall–Kier alpha value is -2.30. The van der Waals surface area contributed by atoms with Crippen LogP contribution in [0.3, 0.4) is 0 Å². The van der Waals surface area contributed by atoms with Crippen molar-refractivity contribution in [2.75, 3.05) is 0 Å². The van der Waals surface area contributed by atoms with Gasteiger partial charge in [0.25, 0.3) is 0 Å². The van der Waals surface area contributed by atoms with Crippen LogP contribution in [-0.4, -0.2) is 28.2 Å². The summed E-state index contributed by atoms with van der Waals surface area (Å²) in [5, 5.41) is 9.30. The molecule has 2 unspecified atom stereocenters. The molecule has 0 aliphatic rings. The molecular weight excluding hydrogens is 344 g/mol. The Bertz CT molecular complexity index is 675. The van der Waals surface area contributed by atoms with E-state index in [1.165, 1.54) is 25.1 Å². The van der Waals surface area contributed by atoms with Crippen LogP contribution in [0.25, 0.3) is 0 Å². The molecule has 1 aromatic carbocycles. The van der Waals surface area contributed by atoms with Gasteiger partial charge in [-0.2, -0.15) is 0 Å². The van der Waals surface area contributed by atoms with Crippen molar-refractivity contribution in [3.8, 4) is 5.75 Å². The molecule has 0 amide bonds. The average molecular weight is 376 g/mol. The summed E-state index contributed by atoms with van der Waals surface area (Å²) in [5.41, 5.74) is 0.699. The fraction of sp³-hybridized carbons (Fsp3) is 0.545. The molecule has 0 radical (unpaired) electrons. The lowest BCUT2D eigenvalue weighted by molar-refractivity contribution is -0.121. The van der Waals surface area contributed by atoms with E-state index in [-0.39, 0.29) is 40.7 Å². The van der Waals surface area contributed by atoms with Crippen LogP contribution < -0.4 is 0 Å². The number of benzene rings is 1. The normalized spacial score (nSPS) is 12.4. The van der Waals surface area contributed by atoms with Crippen molar-refractivity contribution in [1.29, 1.82) is 0 Å². The predicted octanol–water partition coefficient (Wildman–Crippen LogP) is 4.79. The summed E-state index contributed by atoms with van der Waals surface area (Å²) in [5.74, 6) is 0.112. The molecular formula is C22H32O5. The van der Waals surface area contributed by atoms with Gasteiger partial charge in [-0.25, -0.2) is 0 Å². The van der Waals surface area contributed by atoms with Crippen LogP contribution in [0.1, 0.15) is 87.9 Å². The monoisotopic (exact) mass is 376 g/mol. The first kappa shape index (κ1) is 24.7. The summed E-state index contributed by atoms with van der Waals surface area (Å²) in [6.07, 6.45) is 2.58. The standard InChI is InChI=1S/C13H16O3.C9H16O2/c1-4-8(2)13(16)11-6-5-10(15)7-12(11)9(3)14;1-4-9(11)6-5-7(2)8(3)10/h5-8,15H,4H2,1-3H3;7H,4-6H2,1-3H3. The molecule has 0 bridgehead atoms. The van der Waals surface area contributed by atoms with Gasteiger partial charge in [-0.05, 0) is 44.9 Å². The zero-order valence-corrected chi connectivity index (χ0v) is 17.3. The molecule has 5 heteroatoms. The summed E-state index contributed by atoms with van der Waals surface area (Å²) >= 11 is 0. The number of phenols is 1. The average Bonchev–Trinajstić information content (AvgIpc) is 2.64. The van der Waals surface area contributed by atoms with E-state index < -0.39 is 0 Å². The summed E-state index contributed by atoms with van der Waals surface area (Å²) in [6, 6.07) is 4.29. The quantitative estimate of drug-likeness (QED) is 0.626. The highest BCUT2D eigenvalue weighted by molar-refractivity contribution is 6.09. The third-order valence-electron chi connectivity index (χ3n) is 4.65. The van der Waals surface area contributed by atoms with E-state index in [0.29, 0.717) is 30.4 Å². The molecule has 0 aromatic heterocycles. The molecule has 0 spiro atoms. The molecule has 1 N–H and O–H groups in total. The highest BCUT2D eigenvalue weighted by Gasteiger charge is 2.19. The largest absolute Gasteiger partial charge is 0.508 e. The van der Waals surface area contributed by atoms with Crippen molar-refractivity contribution in [2.24, 2.45) is 11.8 Å². The Balaban J connectivity index is 0.000000541. The lowest BCUT2D eigenvalue weighted by atomic mass is 9.92. The van der Waals surface area contributed by atoms with Crippen molar-refractivity contribution in [2.45, 2.75) is 67.2 Å². The van der Waals surface area contributed by atoms with Crippen LogP contribution in [0.15, 0.2) is 18.2 Å². The van der Waals surface area contributed by atoms with Gasteiger partial charge in [0.15, 0.2) is 11.6 Å². The van der Waals surface area contributed by atoms with Crippen molar-refractivity contribution in [3.05, 3.63) is 29.3 Å². The lowest BCUT2D eigenvalue weighted by Gasteiger charge is -2.10. The molecule has 5 nitrogen and oxygen atoms in total. The minimum atomic E-state index is -0.206. The van der Waals surface area contributed by atoms with E-state index in [4.69, 9.17) is 0 Å². The van der Waals surface area contributed by atoms with Crippen LogP contribution in [-0.2, 0) is 9.59 Å². The van der Waals surface area contributed by atoms with Crippen LogP contribution in [0.2, 0.25) is 0 Å². The fourth-order valence-electron chi connectivity index (χ4n) is 2.25. The Morgan fingerprint density at radius 1 is 0.963 bits per heavy atom. The van der Waals surface area contributed by atoms with Crippen molar-refractivity contribution < 1.29 is 24.3 Å². The number of hydrogen-bond acceptors (Lipinski definition) is 5. The predicted molar refractivity (Wildman–Crippen MR) is 106 cm³/mol. The topological polar surface area (TPSA) is 88.5 Å². The van der Waals surface area contributed by atoms with Gasteiger partial charge >= 0.3 is 0 Å². The van der Waals surface area contributed by atoms with Crippen molar-refractivity contribution >= 4 is 23.1 Å². The number of rotatable bonds is 9. The Kier molecular flexibility index (Phi) is 11.1. The van der Waals surface area contributed by atoms with E-state index in [2.05, 4.69) is 0 Å². The molecule has 0 aliphatic carbocycles. The Morgan fingerprint density at radius 2 is 1.56 bits per heavy atom. The zero-order chi connectivity index (χ0) is 21.1. The molecule has 2 atom stereocenters. The van der Waals surface area contributed by atoms with Gasteiger partial charge < -0.3 is 5.11 Å². The van der Waals surface area contributed by atoms with E-state index in [0.717, 1.165) is 6.42 Å². The molecule has 0 aliphatic heterocycles. The van der Waals surface area contributed by atoms with Gasteiger partial charge in [-0.1, -0.05) is 27.7 Å². The van der Waals surface area contributed by atoms with E-state index >= 15 is 0 Å². The van der Waals surface area contributed by atoms with Crippen LogP contribution in [0.4, 0.5) is 0 Å². The number of carbonyl (C=O) groups excluding carboxylic acids is 4. The minimum absolute atomic E-state index is 0.00546. The molecule has 1 aromatic rings. The molecule has 27 heavy (non-hydrogen) atoms. The van der Waals surface area contributed by atoms with E-state index in [1.807, 2.05) is 27.7 Å². The van der Waals surface area contributed by atoms with E-state index in [1.54, 1.807) is 6.92 Å². The van der Waals surface area contributed by atoms with Crippen LogP contribution in [0.5, 0.6) is 5.75 Å². The Labute approximate surface area is 162 Å². The smallest absolute Gasteiger partial charge is 0.166 e. The number of hydrogen-bond donors (Lipinski definition) is 1. The summed E-state index contributed by atoms with van der Waals surface area (Å²) < 4.78 is 0. The van der Waals surface area contributed by atoms with Gasteiger partial charge in [0, 0.05) is 35.8 Å². The van der Waals surface area contributed by atoms with Gasteiger partial charge in [0.05, 0.1) is 0 Å². The van der Waals surface area contributed by atoms with Crippen molar-refractivity contribution in [1.82, 2.24) is 0 Å².